The van der Waals surface area contributed by atoms with Crippen molar-refractivity contribution < 1.29 is 154 Å². The molecule has 4 aliphatic heterocycles. The Morgan fingerprint density at radius 1 is 0.706 bits per heavy atom. The van der Waals surface area contributed by atoms with Crippen molar-refractivity contribution in [2.24, 2.45) is 46.3 Å². The van der Waals surface area contributed by atoms with Crippen molar-refractivity contribution in [2.75, 3.05) is 100 Å². The molecule has 8 aliphatic rings. The number of benzene rings is 2. The predicted octanol–water partition coefficient (Wildman–Crippen LogP) is 7.59. The second-order valence-electron chi connectivity index (χ2n) is 39.4. The lowest BCUT2D eigenvalue weighted by Gasteiger charge is -2.67. The summed E-state index contributed by atoms with van der Waals surface area (Å²) < 4.78 is 89.7. The number of fused-ring (bicyclic) bond motifs is 8. The van der Waals surface area contributed by atoms with Crippen LogP contribution < -0.4 is 16.0 Å². The monoisotopic (exact) mass is 1910 g/mol. The van der Waals surface area contributed by atoms with Crippen LogP contribution in [-0.2, 0) is 109 Å². The summed E-state index contributed by atoms with van der Waals surface area (Å²) in [5.41, 5.74) is -7.91. The van der Waals surface area contributed by atoms with Crippen molar-refractivity contribution in [3.63, 3.8) is 0 Å². The third-order valence-electron chi connectivity index (χ3n) is 28.3. The number of methoxy groups -OCH3 is 3. The van der Waals surface area contributed by atoms with E-state index in [4.69, 9.17) is 71.1 Å². The summed E-state index contributed by atoms with van der Waals surface area (Å²) >= 11 is 0. The van der Waals surface area contributed by atoms with Gasteiger partial charge in [0.15, 0.2) is 23.6 Å². The van der Waals surface area contributed by atoms with E-state index in [2.05, 4.69) is 16.0 Å². The molecule has 136 heavy (non-hydrogen) atoms. The molecular formula is C100H144N4O32. The van der Waals surface area contributed by atoms with Crippen LogP contribution in [-0.4, -0.2) is 309 Å². The maximum Gasteiger partial charge on any atom is 0.408 e. The topological polar surface area (TPSA) is 487 Å². The summed E-state index contributed by atoms with van der Waals surface area (Å²) in [6, 6.07) is 13.0. The normalized spacial score (nSPS) is 33.5. The number of alkyl carbamates (subject to hydrolysis) is 2. The molecule has 756 valence electrons. The number of cyclic esters (lactones) is 1. The van der Waals surface area contributed by atoms with Gasteiger partial charge in [0.1, 0.15) is 53.5 Å². The molecule has 9 N–H and O–H groups in total. The lowest BCUT2D eigenvalue weighted by molar-refractivity contribution is -0.345. The number of hydrogen-bond donors (Lipinski definition) is 9. The number of aliphatic hydroxyl groups is 6. The number of ketones is 3. The van der Waals surface area contributed by atoms with E-state index < -0.39 is 221 Å². The molecule has 4 amide bonds. The van der Waals surface area contributed by atoms with E-state index in [1.807, 2.05) is 26.0 Å². The van der Waals surface area contributed by atoms with E-state index in [0.29, 0.717) is 56.9 Å². The number of nitrogens with one attached hydrogen (secondary N) is 3. The standard InChI is InChI=1S/C100H144N4O32/c1-57-47-58(2)49-73(123-15)83-74(124-16)51-60(4)100(121,135-83)87(113)89(114)104-38-24-23-32-68(104)91(116)131-82(59(3)50-64-34-35-69(106)72(52-64)122-14)61(5)70(107)53-71(108)67(48-57)31-25-33-78(110)101-36-26-39-125-41-43-127-45-46-128-44-42-126-40-37-102-93(118)132-84-79-62(6)75(130-92(117)81(111)80(65-27-19-17-20-28-65)103-94(119)136-95(8,9)10)55-99(120,96(79,11)12)88(133-90(115)66-29-21-18-22-30-66)85-97(13,86(84)112)76(109)54-77-98(85,56-129-77)134-63(7)105/h17-22,25,27-30,33,48,50,58,60-61,64,67-70,72-77,80-85,88,106-107,109,111,120-121H,23-24,26,31-32,34-47,49,51-56H2,1-16H3,(H,101,110)(H,102,118)(H,103,119)/b33-25+,57-48-,59-50+/t58-,60+,61+,64-,67-,68-,69+,70+,72+,73+,74-,75+,76+,77-,80+,81+,82+,83+,84-,85+,88+,97-,98+,99-,100+/m1/s1. The first kappa shape index (κ1) is 109. The lowest BCUT2D eigenvalue weighted by atomic mass is 9.44. The van der Waals surface area contributed by atoms with E-state index in [0.717, 1.165) is 17.4 Å². The smallest absolute Gasteiger partial charge is 0.408 e. The van der Waals surface area contributed by atoms with Crippen molar-refractivity contribution in [1.29, 1.82) is 0 Å². The van der Waals surface area contributed by atoms with Gasteiger partial charge in [0.25, 0.3) is 11.7 Å². The number of Topliss-reactive ketones (excluding diaryl/α,β-unsaturated/α-hetero) is 3. The van der Waals surface area contributed by atoms with Crippen LogP contribution >= 0.6 is 0 Å². The lowest BCUT2D eigenvalue weighted by Crippen LogP contribution is -2.82. The number of rotatable bonds is 33. The number of piperidine rings is 1. The highest BCUT2D eigenvalue weighted by molar-refractivity contribution is 6.39. The molecule has 10 rings (SSSR count). The van der Waals surface area contributed by atoms with E-state index in [1.165, 1.54) is 67.2 Å². The highest BCUT2D eigenvalue weighted by atomic mass is 16.7. The molecule has 3 saturated carbocycles. The molecule has 2 aromatic carbocycles. The van der Waals surface area contributed by atoms with Gasteiger partial charge < -0.3 is 123 Å². The second-order valence-corrected chi connectivity index (χ2v) is 39.4. The maximum absolute atomic E-state index is 16.2. The number of esters is 4. The zero-order valence-corrected chi connectivity index (χ0v) is 81.3. The Labute approximate surface area is 795 Å². The first-order valence-corrected chi connectivity index (χ1v) is 47.5. The number of nitrogens with zero attached hydrogens (tertiary/aromatic N) is 1. The number of ether oxygens (including phenoxy) is 15. The Hall–Kier alpha value is -8.83. The molecular weight excluding hydrogens is 1770 g/mol. The van der Waals surface area contributed by atoms with E-state index >= 15 is 4.79 Å². The summed E-state index contributed by atoms with van der Waals surface area (Å²) in [6.07, 6.45) is -9.41. The molecule has 0 aromatic heterocycles. The summed E-state index contributed by atoms with van der Waals surface area (Å²) in [5.74, 6) is -15.3. The average molecular weight is 1910 g/mol. The molecule has 25 atom stereocenters. The largest absolute Gasteiger partial charge is 0.456 e. The van der Waals surface area contributed by atoms with Gasteiger partial charge in [-0.3, -0.25) is 28.8 Å². The molecule has 0 radical (unpaired) electrons. The third-order valence-corrected chi connectivity index (χ3v) is 28.3. The predicted molar refractivity (Wildman–Crippen MR) is 488 cm³/mol. The Morgan fingerprint density at radius 3 is 1.96 bits per heavy atom. The first-order chi connectivity index (χ1) is 64.4. The number of aliphatic hydroxyl groups excluding tert-OH is 4. The molecule has 4 bridgehead atoms. The van der Waals surface area contributed by atoms with Crippen LogP contribution in [0.15, 0.2) is 107 Å². The number of carbonyl (C=O) groups is 11. The highest BCUT2D eigenvalue weighted by Gasteiger charge is 2.79. The molecule has 0 unspecified atom stereocenters. The van der Waals surface area contributed by atoms with Gasteiger partial charge in [0.2, 0.25) is 11.7 Å². The Morgan fingerprint density at radius 2 is 1.34 bits per heavy atom. The van der Waals surface area contributed by atoms with Gasteiger partial charge in [-0.05, 0) is 171 Å². The van der Waals surface area contributed by atoms with Crippen molar-refractivity contribution in [3.8, 4) is 0 Å². The van der Waals surface area contributed by atoms with E-state index in [9.17, 15) is 78.6 Å². The molecule has 4 heterocycles. The minimum Gasteiger partial charge on any atom is -0.456 e. The van der Waals surface area contributed by atoms with Crippen LogP contribution in [0.3, 0.4) is 0 Å². The molecule has 6 fully saturated rings. The van der Waals surface area contributed by atoms with Crippen molar-refractivity contribution >= 4 is 65.2 Å². The quantitative estimate of drug-likeness (QED) is 0.00829. The van der Waals surface area contributed by atoms with Crippen LogP contribution in [0, 0.1) is 46.3 Å². The number of carbonyl (C=O) groups excluding carboxylic acids is 11. The molecule has 2 aromatic rings. The summed E-state index contributed by atoms with van der Waals surface area (Å²) in [5, 5.41) is 81.8. The Balaban J connectivity index is 0.716. The fourth-order valence-electron chi connectivity index (χ4n) is 20.8. The van der Waals surface area contributed by atoms with Gasteiger partial charge in [0, 0.05) is 96.9 Å². The molecule has 0 spiro atoms. The van der Waals surface area contributed by atoms with Crippen molar-refractivity contribution in [1.82, 2.24) is 20.9 Å². The Bertz CT molecular complexity index is 4570. The van der Waals surface area contributed by atoms with Crippen LogP contribution in [0.4, 0.5) is 9.59 Å². The van der Waals surface area contributed by atoms with Crippen LogP contribution in [0.2, 0.25) is 0 Å². The minimum absolute atomic E-state index is 0.00832. The van der Waals surface area contributed by atoms with Gasteiger partial charge in [-0.2, -0.15) is 0 Å². The zero-order valence-electron chi connectivity index (χ0n) is 81.3. The third kappa shape index (κ3) is 26.1. The molecule has 36 heteroatoms. The van der Waals surface area contributed by atoms with Gasteiger partial charge in [0.05, 0.1) is 112 Å². The maximum atomic E-state index is 16.2. The number of hydrogen-bond acceptors (Lipinski definition) is 32. The summed E-state index contributed by atoms with van der Waals surface area (Å²) in [4.78, 5) is 160. The van der Waals surface area contributed by atoms with Crippen LogP contribution in [0.5, 0.6) is 0 Å². The molecule has 36 nitrogen and oxygen atoms in total. The van der Waals surface area contributed by atoms with Gasteiger partial charge in [-0.1, -0.05) is 107 Å². The fraction of sp³-hybridized carbons (Fsp3) is 0.690. The molecule has 3 saturated heterocycles. The van der Waals surface area contributed by atoms with Crippen LogP contribution in [0.25, 0.3) is 0 Å². The van der Waals surface area contributed by atoms with Crippen LogP contribution in [0.1, 0.15) is 202 Å². The minimum atomic E-state index is -2.62. The van der Waals surface area contributed by atoms with E-state index in [1.54, 1.807) is 96.1 Å². The van der Waals surface area contributed by atoms with Gasteiger partial charge in [-0.25, -0.2) is 24.0 Å². The second kappa shape index (κ2) is 48.4. The SMILES string of the molecule is CO[C@H]1C[C@H](C)C/C(C)=C\[C@@H](C/C=C/C(=O)NCCCOCCOCCOCCOCCNC(=O)O[C@H]2C(=O)[C@@]3(C)[C@H]([C@H](OC(=O)c4ccccc4)[C@]4(O)C[C@H](OC(=O)[C@@H](O)[C@@H](NC(=O)OC(C)(C)C)c5ccccc5)C(C)=C2C4(C)C)[C@]2(OC(C)=O)CO[C@@H]2C[C@@H]3O)C(=O)C[C@H](O)[C@H](C)[C@H](/C(C)=C/[C@H]2CC[C@H](O)[C@@H](OC)C2)OC(=O)[C@H]2CCCCN2C(=O)C(=O)[C@@]2(O)O[C@@H]1[C@H](OC)C[C@@H]2C. The van der Waals surface area contributed by atoms with Crippen molar-refractivity contribution in [3.05, 3.63) is 118 Å². The van der Waals surface area contributed by atoms with Gasteiger partial charge in [-0.15, -0.1) is 0 Å². The zero-order chi connectivity index (χ0) is 99.5. The average Bonchev–Trinajstić information content (AvgIpc) is 0.666. The van der Waals surface area contributed by atoms with Crippen molar-refractivity contribution in [2.45, 2.75) is 294 Å². The molecule has 4 aliphatic carbocycles. The number of allylic oxidation sites excluding steroid dienone is 4. The fourth-order valence-corrected chi connectivity index (χ4v) is 20.8. The summed E-state index contributed by atoms with van der Waals surface area (Å²) in [7, 11) is 4.49. The highest BCUT2D eigenvalue weighted by Crippen LogP contribution is 2.65. The van der Waals surface area contributed by atoms with Gasteiger partial charge >= 0.3 is 36.1 Å². The number of amides is 4. The van der Waals surface area contributed by atoms with E-state index in [-0.39, 0.29) is 144 Å². The first-order valence-electron chi connectivity index (χ1n) is 47.5. The Kier molecular flexibility index (Phi) is 38.8. The summed E-state index contributed by atoms with van der Waals surface area (Å²) in [6.45, 7) is 21.7.